The number of imide groups is 1. The number of hydrogen-bond acceptors (Lipinski definition) is 6. The molecule has 1 aliphatic heterocycles. The van der Waals surface area contributed by atoms with Crippen LogP contribution in [0.3, 0.4) is 0 Å². The molecule has 0 aromatic heterocycles. The molecule has 2 amide bonds. The first-order valence-electron chi connectivity index (χ1n) is 10.7. The first kappa shape index (κ1) is 23.3. The van der Waals surface area contributed by atoms with Gasteiger partial charge in [-0.2, -0.15) is 0 Å². The number of ether oxygens (including phenoxy) is 3. The van der Waals surface area contributed by atoms with E-state index in [0.717, 1.165) is 5.75 Å². The van der Waals surface area contributed by atoms with E-state index in [1.165, 1.54) is 4.90 Å². The molecule has 7 heteroatoms. The second kappa shape index (κ2) is 10.8. The highest BCUT2D eigenvalue weighted by atomic mass is 16.5. The van der Waals surface area contributed by atoms with Gasteiger partial charge in [-0.1, -0.05) is 26.0 Å². The van der Waals surface area contributed by atoms with Gasteiger partial charge in [0.1, 0.15) is 17.2 Å². The van der Waals surface area contributed by atoms with Crippen molar-refractivity contribution in [3.8, 4) is 11.5 Å². The van der Waals surface area contributed by atoms with Crippen LogP contribution in [0.15, 0.2) is 54.2 Å². The van der Waals surface area contributed by atoms with Crippen molar-refractivity contribution in [3.05, 3.63) is 59.8 Å². The standard InChI is InChI=1S/C25H30N2O5/c1-17(2)16-32-21-10-6-18(7-11-21)22-23(26-19-8-12-20(31-4)13-9-19)25(29)27(24(22)28)14-5-15-30-3/h6-13,17,26H,5,14-16H2,1-4H3. The summed E-state index contributed by atoms with van der Waals surface area (Å²) in [5, 5.41) is 3.15. The third-order valence-corrected chi connectivity index (χ3v) is 4.98. The Morgan fingerprint density at radius 3 is 2.16 bits per heavy atom. The minimum Gasteiger partial charge on any atom is -0.497 e. The van der Waals surface area contributed by atoms with E-state index in [-0.39, 0.29) is 17.5 Å². The number of methoxy groups -OCH3 is 2. The number of nitrogens with one attached hydrogen (secondary N) is 1. The van der Waals surface area contributed by atoms with E-state index >= 15 is 0 Å². The van der Waals surface area contributed by atoms with E-state index in [0.29, 0.717) is 54.7 Å². The van der Waals surface area contributed by atoms with Crippen LogP contribution < -0.4 is 14.8 Å². The maximum Gasteiger partial charge on any atom is 0.278 e. The third kappa shape index (κ3) is 5.48. The average Bonchev–Trinajstić information content (AvgIpc) is 3.03. The van der Waals surface area contributed by atoms with Gasteiger partial charge in [-0.15, -0.1) is 0 Å². The van der Waals surface area contributed by atoms with Gasteiger partial charge >= 0.3 is 0 Å². The van der Waals surface area contributed by atoms with Crippen molar-refractivity contribution in [3.63, 3.8) is 0 Å². The highest BCUT2D eigenvalue weighted by molar-refractivity contribution is 6.36. The summed E-state index contributed by atoms with van der Waals surface area (Å²) in [6.45, 7) is 5.53. The molecule has 1 heterocycles. The lowest BCUT2D eigenvalue weighted by atomic mass is 10.0. The predicted molar refractivity (Wildman–Crippen MR) is 124 cm³/mol. The number of carbonyl (C=O) groups excluding carboxylic acids is 2. The number of nitrogens with zero attached hydrogens (tertiary/aromatic N) is 1. The Balaban J connectivity index is 1.91. The lowest BCUT2D eigenvalue weighted by Crippen LogP contribution is -2.33. The van der Waals surface area contributed by atoms with Gasteiger partial charge in [0.25, 0.3) is 11.8 Å². The van der Waals surface area contributed by atoms with Crippen LogP contribution in [-0.4, -0.2) is 50.7 Å². The molecule has 0 saturated heterocycles. The van der Waals surface area contributed by atoms with Crippen molar-refractivity contribution in [2.45, 2.75) is 20.3 Å². The Morgan fingerprint density at radius 1 is 0.906 bits per heavy atom. The smallest absolute Gasteiger partial charge is 0.278 e. The molecule has 1 N–H and O–H groups in total. The highest BCUT2D eigenvalue weighted by Gasteiger charge is 2.38. The van der Waals surface area contributed by atoms with Crippen molar-refractivity contribution < 1.29 is 23.8 Å². The van der Waals surface area contributed by atoms with Crippen LogP contribution in [0.2, 0.25) is 0 Å². The first-order valence-corrected chi connectivity index (χ1v) is 10.7. The second-order valence-electron chi connectivity index (χ2n) is 7.94. The summed E-state index contributed by atoms with van der Waals surface area (Å²) in [5.41, 5.74) is 1.95. The predicted octanol–water partition coefficient (Wildman–Crippen LogP) is 3.96. The van der Waals surface area contributed by atoms with Crippen molar-refractivity contribution in [1.29, 1.82) is 0 Å². The van der Waals surface area contributed by atoms with E-state index in [2.05, 4.69) is 19.2 Å². The molecule has 2 aromatic carbocycles. The molecule has 170 valence electrons. The molecule has 2 aromatic rings. The molecule has 0 fully saturated rings. The molecule has 32 heavy (non-hydrogen) atoms. The molecule has 3 rings (SSSR count). The average molecular weight is 439 g/mol. The lowest BCUT2D eigenvalue weighted by Gasteiger charge is -2.15. The summed E-state index contributed by atoms with van der Waals surface area (Å²) in [4.78, 5) is 27.7. The van der Waals surface area contributed by atoms with Gasteiger partial charge in [0.05, 0.1) is 19.3 Å². The van der Waals surface area contributed by atoms with E-state index in [4.69, 9.17) is 14.2 Å². The topological polar surface area (TPSA) is 77.1 Å². The Morgan fingerprint density at radius 2 is 1.56 bits per heavy atom. The van der Waals surface area contributed by atoms with Gasteiger partial charge in [0.2, 0.25) is 0 Å². The monoisotopic (exact) mass is 438 g/mol. The summed E-state index contributed by atoms with van der Waals surface area (Å²) in [6.07, 6.45) is 0.569. The number of carbonyl (C=O) groups is 2. The van der Waals surface area contributed by atoms with Gasteiger partial charge in [-0.25, -0.2) is 0 Å². The molecule has 7 nitrogen and oxygen atoms in total. The van der Waals surface area contributed by atoms with Crippen LogP contribution in [0.1, 0.15) is 25.8 Å². The molecule has 0 saturated carbocycles. The Bertz CT molecular complexity index is 965. The zero-order chi connectivity index (χ0) is 23.1. The molecule has 0 bridgehead atoms. The highest BCUT2D eigenvalue weighted by Crippen LogP contribution is 2.32. The van der Waals surface area contributed by atoms with E-state index in [9.17, 15) is 9.59 Å². The molecular weight excluding hydrogens is 408 g/mol. The van der Waals surface area contributed by atoms with Gasteiger partial charge in [-0.05, 0) is 54.3 Å². The number of amides is 2. The number of hydrogen-bond donors (Lipinski definition) is 1. The van der Waals surface area contributed by atoms with E-state index < -0.39 is 0 Å². The lowest BCUT2D eigenvalue weighted by molar-refractivity contribution is -0.136. The van der Waals surface area contributed by atoms with Crippen LogP contribution in [0.25, 0.3) is 5.57 Å². The normalized spacial score (nSPS) is 13.8. The molecule has 0 radical (unpaired) electrons. The molecule has 0 atom stereocenters. The van der Waals surface area contributed by atoms with Gasteiger partial charge in [0, 0.05) is 25.9 Å². The van der Waals surface area contributed by atoms with Gasteiger partial charge in [0.15, 0.2) is 0 Å². The maximum absolute atomic E-state index is 13.2. The minimum absolute atomic E-state index is 0.258. The van der Waals surface area contributed by atoms with Gasteiger partial charge in [-0.3, -0.25) is 14.5 Å². The van der Waals surface area contributed by atoms with E-state index in [1.54, 1.807) is 38.5 Å². The van der Waals surface area contributed by atoms with Crippen molar-refractivity contribution in [2.75, 3.05) is 39.3 Å². The first-order chi connectivity index (χ1) is 15.4. The summed E-state index contributed by atoms with van der Waals surface area (Å²) in [7, 11) is 3.19. The fraction of sp³-hybridized carbons (Fsp3) is 0.360. The van der Waals surface area contributed by atoms with Crippen molar-refractivity contribution in [2.24, 2.45) is 5.92 Å². The minimum atomic E-state index is -0.350. The SMILES string of the molecule is COCCCN1C(=O)C(Nc2ccc(OC)cc2)=C(c2ccc(OCC(C)C)cc2)C1=O. The van der Waals surface area contributed by atoms with Crippen molar-refractivity contribution in [1.82, 2.24) is 4.90 Å². The van der Waals surface area contributed by atoms with E-state index in [1.807, 2.05) is 24.3 Å². The molecule has 0 aliphatic carbocycles. The quantitative estimate of drug-likeness (QED) is 0.423. The Labute approximate surface area is 189 Å². The molecular formula is C25H30N2O5. The fourth-order valence-electron chi connectivity index (χ4n) is 3.33. The van der Waals surface area contributed by atoms with Crippen LogP contribution in [0.4, 0.5) is 5.69 Å². The van der Waals surface area contributed by atoms with Crippen LogP contribution in [-0.2, 0) is 14.3 Å². The number of benzene rings is 2. The fourth-order valence-corrected chi connectivity index (χ4v) is 3.33. The van der Waals surface area contributed by atoms with Crippen LogP contribution >= 0.6 is 0 Å². The summed E-state index contributed by atoms with van der Waals surface area (Å²) >= 11 is 0. The molecule has 0 spiro atoms. The molecule has 0 unspecified atom stereocenters. The summed E-state index contributed by atoms with van der Waals surface area (Å²) in [5.74, 6) is 1.17. The number of anilines is 1. The largest absolute Gasteiger partial charge is 0.497 e. The maximum atomic E-state index is 13.2. The zero-order valence-corrected chi connectivity index (χ0v) is 19.0. The third-order valence-electron chi connectivity index (χ3n) is 4.98. The van der Waals surface area contributed by atoms with Crippen LogP contribution in [0, 0.1) is 5.92 Å². The zero-order valence-electron chi connectivity index (χ0n) is 19.0. The Hall–Kier alpha value is -3.32. The van der Waals surface area contributed by atoms with Crippen molar-refractivity contribution >= 4 is 23.1 Å². The van der Waals surface area contributed by atoms with Crippen LogP contribution in [0.5, 0.6) is 11.5 Å². The summed E-state index contributed by atoms with van der Waals surface area (Å²) < 4.78 is 16.0. The molecule has 1 aliphatic rings. The van der Waals surface area contributed by atoms with Gasteiger partial charge < -0.3 is 19.5 Å². The Kier molecular flexibility index (Phi) is 7.89. The second-order valence-corrected chi connectivity index (χ2v) is 7.94. The summed E-state index contributed by atoms with van der Waals surface area (Å²) in [6, 6.07) is 14.5. The number of rotatable bonds is 11.